The number of nitrogens with zero attached hydrogens (tertiary/aromatic N) is 1. The normalized spacial score (nSPS) is 10.6. The maximum atomic E-state index is 11.9. The second kappa shape index (κ2) is 14.7. The molecule has 2 aromatic rings. The van der Waals surface area contributed by atoms with Crippen LogP contribution >= 0.6 is 35.3 Å². The third-order valence-corrected chi connectivity index (χ3v) is 5.03. The summed E-state index contributed by atoms with van der Waals surface area (Å²) in [7, 11) is 4.76. The molecule has 10 heteroatoms. The van der Waals surface area contributed by atoms with Crippen molar-refractivity contribution in [2.24, 2.45) is 4.99 Å². The number of amides is 1. The Morgan fingerprint density at radius 1 is 1.03 bits per heavy atom. The van der Waals surface area contributed by atoms with E-state index in [0.29, 0.717) is 42.8 Å². The number of halogens is 1. The topological polar surface area (TPSA) is 93.2 Å². The van der Waals surface area contributed by atoms with E-state index < -0.39 is 0 Å². The molecule has 0 fully saturated rings. The van der Waals surface area contributed by atoms with Gasteiger partial charge >= 0.3 is 0 Å². The van der Waals surface area contributed by atoms with Gasteiger partial charge in [-0.25, -0.2) is 4.99 Å². The van der Waals surface area contributed by atoms with Crippen molar-refractivity contribution in [3.8, 4) is 17.2 Å². The van der Waals surface area contributed by atoms with E-state index in [1.54, 1.807) is 21.3 Å². The molecular weight excluding hydrogens is 531 g/mol. The number of thiophene rings is 1. The first-order chi connectivity index (χ1) is 14.6. The van der Waals surface area contributed by atoms with E-state index in [0.717, 1.165) is 23.4 Å². The molecule has 0 saturated heterocycles. The number of rotatable bonds is 11. The van der Waals surface area contributed by atoms with Gasteiger partial charge in [-0.15, -0.1) is 35.3 Å². The fourth-order valence-electron chi connectivity index (χ4n) is 2.73. The standard InChI is InChI=1S/C21H30N4O4S.HI/c1-5-22-21(24-10-7-9-23-20(26)18-8-6-11-30-18)25-14-15-12-16(27-2)19(29-4)17(13-15)28-3;/h6,8,11-13H,5,7,9-10,14H2,1-4H3,(H,23,26)(H2,22,24,25);1H. The Morgan fingerprint density at radius 2 is 1.71 bits per heavy atom. The summed E-state index contributed by atoms with van der Waals surface area (Å²) >= 11 is 1.44. The van der Waals surface area contributed by atoms with E-state index in [1.807, 2.05) is 36.6 Å². The van der Waals surface area contributed by atoms with Gasteiger partial charge < -0.3 is 30.2 Å². The molecule has 1 amide bonds. The van der Waals surface area contributed by atoms with Crippen LogP contribution in [0.15, 0.2) is 34.6 Å². The Kier molecular flexibility index (Phi) is 12.8. The lowest BCUT2D eigenvalue weighted by atomic mass is 10.2. The number of hydrogen-bond acceptors (Lipinski definition) is 6. The number of carbonyl (C=O) groups is 1. The van der Waals surface area contributed by atoms with E-state index in [9.17, 15) is 4.79 Å². The summed E-state index contributed by atoms with van der Waals surface area (Å²) in [6.45, 7) is 4.48. The van der Waals surface area contributed by atoms with Gasteiger partial charge in [-0.1, -0.05) is 6.07 Å². The van der Waals surface area contributed by atoms with Gasteiger partial charge in [0.05, 0.1) is 32.8 Å². The highest BCUT2D eigenvalue weighted by Crippen LogP contribution is 2.38. The molecule has 0 aliphatic carbocycles. The summed E-state index contributed by atoms with van der Waals surface area (Å²) in [6.07, 6.45) is 0.783. The molecule has 0 aliphatic heterocycles. The maximum absolute atomic E-state index is 11.9. The molecule has 0 atom stereocenters. The first-order valence-electron chi connectivity index (χ1n) is 9.75. The molecule has 1 heterocycles. The summed E-state index contributed by atoms with van der Waals surface area (Å²) in [4.78, 5) is 17.3. The van der Waals surface area contributed by atoms with Crippen molar-refractivity contribution < 1.29 is 19.0 Å². The van der Waals surface area contributed by atoms with Crippen molar-refractivity contribution >= 4 is 47.2 Å². The van der Waals surface area contributed by atoms with Crippen LogP contribution in [0.3, 0.4) is 0 Å². The average Bonchev–Trinajstić information content (AvgIpc) is 3.31. The number of carbonyl (C=O) groups excluding carboxylic acids is 1. The zero-order chi connectivity index (χ0) is 21.8. The molecule has 31 heavy (non-hydrogen) atoms. The first-order valence-corrected chi connectivity index (χ1v) is 10.6. The number of hydrogen-bond donors (Lipinski definition) is 3. The molecule has 1 aromatic heterocycles. The van der Waals surface area contributed by atoms with Crippen LogP contribution in [0.25, 0.3) is 0 Å². The highest BCUT2D eigenvalue weighted by Gasteiger charge is 2.13. The minimum Gasteiger partial charge on any atom is -0.493 e. The molecule has 8 nitrogen and oxygen atoms in total. The summed E-state index contributed by atoms with van der Waals surface area (Å²) in [5, 5.41) is 11.3. The van der Waals surface area contributed by atoms with Crippen LogP contribution in [-0.2, 0) is 6.54 Å². The molecule has 172 valence electrons. The van der Waals surface area contributed by atoms with Crippen molar-refractivity contribution in [2.45, 2.75) is 19.9 Å². The third kappa shape index (κ3) is 8.44. The summed E-state index contributed by atoms with van der Waals surface area (Å²) < 4.78 is 16.1. The van der Waals surface area contributed by atoms with Crippen molar-refractivity contribution in [1.82, 2.24) is 16.0 Å². The van der Waals surface area contributed by atoms with Gasteiger partial charge in [-0.05, 0) is 42.5 Å². The highest BCUT2D eigenvalue weighted by molar-refractivity contribution is 14.0. The molecule has 2 rings (SSSR count). The third-order valence-electron chi connectivity index (χ3n) is 4.17. The fraction of sp³-hybridized carbons (Fsp3) is 0.429. The van der Waals surface area contributed by atoms with E-state index in [2.05, 4.69) is 20.9 Å². The van der Waals surface area contributed by atoms with Gasteiger partial charge in [0.25, 0.3) is 5.91 Å². The van der Waals surface area contributed by atoms with Gasteiger partial charge in [0, 0.05) is 19.6 Å². The minimum absolute atomic E-state index is 0. The Balaban J connectivity index is 0.00000480. The molecule has 0 spiro atoms. The quantitative estimate of drug-likeness (QED) is 0.169. The monoisotopic (exact) mass is 562 g/mol. The average molecular weight is 562 g/mol. The Morgan fingerprint density at radius 3 is 2.26 bits per heavy atom. The van der Waals surface area contributed by atoms with Crippen molar-refractivity contribution in [3.63, 3.8) is 0 Å². The Bertz CT molecular complexity index is 806. The molecule has 0 saturated carbocycles. The predicted molar refractivity (Wildman–Crippen MR) is 136 cm³/mol. The number of ether oxygens (including phenoxy) is 3. The van der Waals surface area contributed by atoms with Crippen LogP contribution in [-0.4, -0.2) is 52.8 Å². The van der Waals surface area contributed by atoms with Gasteiger partial charge in [0.15, 0.2) is 17.5 Å². The SMILES string of the molecule is CCNC(=NCc1cc(OC)c(OC)c(OC)c1)NCCCNC(=O)c1cccs1.I. The fourth-order valence-corrected chi connectivity index (χ4v) is 3.37. The lowest BCUT2D eigenvalue weighted by molar-refractivity contribution is 0.0957. The first kappa shape index (κ1) is 26.8. The summed E-state index contributed by atoms with van der Waals surface area (Å²) in [5.41, 5.74) is 0.935. The number of benzene rings is 1. The number of guanidine groups is 1. The molecule has 0 radical (unpaired) electrons. The summed E-state index contributed by atoms with van der Waals surface area (Å²) in [6, 6.07) is 7.45. The van der Waals surface area contributed by atoms with Crippen LogP contribution in [0.1, 0.15) is 28.6 Å². The molecule has 0 bridgehead atoms. The lowest BCUT2D eigenvalue weighted by Gasteiger charge is -2.14. The van der Waals surface area contributed by atoms with E-state index in [1.165, 1.54) is 11.3 Å². The van der Waals surface area contributed by atoms with E-state index in [-0.39, 0.29) is 29.9 Å². The largest absolute Gasteiger partial charge is 0.493 e. The van der Waals surface area contributed by atoms with Crippen LogP contribution in [0, 0.1) is 0 Å². The van der Waals surface area contributed by atoms with Crippen molar-refractivity contribution in [3.05, 3.63) is 40.1 Å². The van der Waals surface area contributed by atoms with Gasteiger partial charge in [-0.3, -0.25) is 4.79 Å². The second-order valence-corrected chi connectivity index (χ2v) is 7.19. The Hall–Kier alpha value is -2.21. The minimum atomic E-state index is -0.0343. The maximum Gasteiger partial charge on any atom is 0.261 e. The molecule has 3 N–H and O–H groups in total. The van der Waals surface area contributed by atoms with Crippen LogP contribution in [0.4, 0.5) is 0 Å². The lowest BCUT2D eigenvalue weighted by Crippen LogP contribution is -2.38. The molecule has 0 aliphatic rings. The van der Waals surface area contributed by atoms with Crippen molar-refractivity contribution in [1.29, 1.82) is 0 Å². The molecular formula is C21H31IN4O4S. The zero-order valence-electron chi connectivity index (χ0n) is 18.3. The van der Waals surface area contributed by atoms with Gasteiger partial charge in [-0.2, -0.15) is 0 Å². The van der Waals surface area contributed by atoms with E-state index in [4.69, 9.17) is 14.2 Å². The van der Waals surface area contributed by atoms with Crippen LogP contribution in [0.5, 0.6) is 17.2 Å². The number of methoxy groups -OCH3 is 3. The molecule has 1 aromatic carbocycles. The van der Waals surface area contributed by atoms with Gasteiger partial charge in [0.1, 0.15) is 0 Å². The second-order valence-electron chi connectivity index (χ2n) is 6.24. The smallest absolute Gasteiger partial charge is 0.261 e. The predicted octanol–water partition coefficient (Wildman–Crippen LogP) is 3.27. The van der Waals surface area contributed by atoms with Crippen LogP contribution in [0.2, 0.25) is 0 Å². The highest BCUT2D eigenvalue weighted by atomic mass is 127. The summed E-state index contributed by atoms with van der Waals surface area (Å²) in [5.74, 6) is 2.43. The van der Waals surface area contributed by atoms with Crippen LogP contribution < -0.4 is 30.2 Å². The van der Waals surface area contributed by atoms with E-state index >= 15 is 0 Å². The van der Waals surface area contributed by atoms with Gasteiger partial charge in [0.2, 0.25) is 5.75 Å². The zero-order valence-corrected chi connectivity index (χ0v) is 21.5. The number of nitrogens with one attached hydrogen (secondary N) is 3. The number of aliphatic imine (C=N–C) groups is 1. The molecule has 0 unspecified atom stereocenters. The van der Waals surface area contributed by atoms with Crippen molar-refractivity contribution in [2.75, 3.05) is 41.0 Å². The Labute approximate surface area is 204 Å².